The first kappa shape index (κ1) is 28.4. The van der Waals surface area contributed by atoms with Gasteiger partial charge in [0.25, 0.3) is 0 Å². The number of phenols is 1. The molecule has 2 heterocycles. The molecule has 2 aliphatic rings. The summed E-state index contributed by atoms with van der Waals surface area (Å²) < 4.78 is 5.46. The summed E-state index contributed by atoms with van der Waals surface area (Å²) in [6, 6.07) is 21.3. The summed E-state index contributed by atoms with van der Waals surface area (Å²) in [5.41, 5.74) is 4.22. The predicted molar refractivity (Wildman–Crippen MR) is 155 cm³/mol. The molecule has 0 spiro atoms. The second-order valence-corrected chi connectivity index (χ2v) is 10.5. The fourth-order valence-electron chi connectivity index (χ4n) is 6.19. The molecule has 0 saturated carbocycles. The fraction of sp³-hybridized carbons (Fsp3) is 0.303. The Labute approximate surface area is 239 Å². The van der Waals surface area contributed by atoms with Crippen molar-refractivity contribution in [3.63, 3.8) is 0 Å². The number of amides is 2. The summed E-state index contributed by atoms with van der Waals surface area (Å²) in [7, 11) is 1.55. The number of carbonyl (C=O) groups is 2. The third-order valence-electron chi connectivity index (χ3n) is 7.96. The number of benzene rings is 2. The van der Waals surface area contributed by atoms with E-state index in [9.17, 15) is 24.9 Å². The highest BCUT2D eigenvalue weighted by Gasteiger charge is 2.55. The molecule has 3 N–H and O–H groups in total. The van der Waals surface area contributed by atoms with Crippen molar-refractivity contribution in [2.24, 2.45) is 17.8 Å². The average Bonchev–Trinajstić information content (AvgIpc) is 3.24. The third kappa shape index (κ3) is 5.86. The number of aliphatic hydroxyl groups is 2. The summed E-state index contributed by atoms with van der Waals surface area (Å²) in [4.78, 5) is 32.8. The Hall–Kier alpha value is -4.11. The number of methoxy groups -OCH3 is 1. The number of nitrogens with zero attached hydrogens (tertiary/aromatic N) is 2. The Kier molecular flexibility index (Phi) is 8.73. The SMILES string of the molecule is COCC1=C([C@H](O)CC/C(=C/c2cccc(O)c2)c2ccccn2)[C@H](CO)[C@@H]2C(=O)N(c3ccccc3)C(=O)[C@@H]2C1. The average molecular weight is 555 g/mol. The van der Waals surface area contributed by atoms with E-state index in [1.807, 2.05) is 36.4 Å². The molecule has 8 heteroatoms. The van der Waals surface area contributed by atoms with Crippen molar-refractivity contribution in [3.8, 4) is 5.75 Å². The number of aromatic nitrogens is 1. The van der Waals surface area contributed by atoms with Crippen molar-refractivity contribution < 1.29 is 29.6 Å². The minimum absolute atomic E-state index is 0.149. The van der Waals surface area contributed by atoms with Crippen LogP contribution < -0.4 is 4.90 Å². The van der Waals surface area contributed by atoms with Gasteiger partial charge >= 0.3 is 0 Å². The van der Waals surface area contributed by atoms with E-state index in [0.29, 0.717) is 24.1 Å². The smallest absolute Gasteiger partial charge is 0.238 e. The van der Waals surface area contributed by atoms with E-state index < -0.39 is 23.9 Å². The van der Waals surface area contributed by atoms with Gasteiger partial charge in [-0.2, -0.15) is 0 Å². The quantitative estimate of drug-likeness (QED) is 0.253. The number of hydrogen-bond donors (Lipinski definition) is 3. The fourth-order valence-corrected chi connectivity index (χ4v) is 6.19. The number of anilines is 1. The summed E-state index contributed by atoms with van der Waals surface area (Å²) in [6.45, 7) is -0.195. The molecule has 3 aromatic rings. The molecule has 5 rings (SSSR count). The number of rotatable bonds is 10. The molecule has 41 heavy (non-hydrogen) atoms. The van der Waals surface area contributed by atoms with Crippen LogP contribution in [0.25, 0.3) is 11.6 Å². The van der Waals surface area contributed by atoms with Crippen LogP contribution in [-0.4, -0.2) is 58.5 Å². The van der Waals surface area contributed by atoms with Crippen molar-refractivity contribution >= 4 is 29.2 Å². The highest BCUT2D eigenvalue weighted by atomic mass is 16.5. The van der Waals surface area contributed by atoms with Crippen molar-refractivity contribution in [2.75, 3.05) is 25.2 Å². The number of ether oxygens (including phenoxy) is 1. The van der Waals surface area contributed by atoms with E-state index in [0.717, 1.165) is 22.4 Å². The molecule has 0 unspecified atom stereocenters. The first-order valence-corrected chi connectivity index (χ1v) is 13.8. The lowest BCUT2D eigenvalue weighted by molar-refractivity contribution is -0.123. The Morgan fingerprint density at radius 1 is 1.07 bits per heavy atom. The molecular formula is C33H34N2O6. The van der Waals surface area contributed by atoms with Crippen LogP contribution >= 0.6 is 0 Å². The molecule has 0 radical (unpaired) electrons. The van der Waals surface area contributed by atoms with Crippen LogP contribution in [0.5, 0.6) is 5.75 Å². The lowest BCUT2D eigenvalue weighted by atomic mass is 9.68. The van der Waals surface area contributed by atoms with Crippen LogP contribution in [0.2, 0.25) is 0 Å². The monoisotopic (exact) mass is 554 g/mol. The minimum atomic E-state index is -0.983. The Bertz CT molecular complexity index is 1450. The standard InChI is InChI=1S/C33H34N2O6/c1-41-20-23-18-26-31(33(40)35(32(26)39)24-9-3-2-4-10-24)27(19-36)30(23)29(38)14-13-22(28-12-5-6-15-34-28)16-21-8-7-11-25(37)17-21/h2-12,15-17,26-27,29,31,36-38H,13-14,18-20H2,1H3/b22-16-/t26-,27+,29-,31-/m1/s1. The van der Waals surface area contributed by atoms with Gasteiger partial charge in [0, 0.05) is 19.2 Å². The maximum absolute atomic E-state index is 13.7. The van der Waals surface area contributed by atoms with Crippen molar-refractivity contribution in [1.29, 1.82) is 0 Å². The van der Waals surface area contributed by atoms with Gasteiger partial charge in [-0.1, -0.05) is 36.4 Å². The number of phenolic OH excluding ortho intramolecular Hbond substituents is 1. The van der Waals surface area contributed by atoms with E-state index in [4.69, 9.17) is 4.74 Å². The van der Waals surface area contributed by atoms with Crippen LogP contribution in [0.3, 0.4) is 0 Å². The minimum Gasteiger partial charge on any atom is -0.508 e. The van der Waals surface area contributed by atoms with Gasteiger partial charge in [-0.25, -0.2) is 0 Å². The predicted octanol–water partition coefficient (Wildman–Crippen LogP) is 4.23. The highest BCUT2D eigenvalue weighted by Crippen LogP contribution is 2.47. The van der Waals surface area contributed by atoms with E-state index >= 15 is 0 Å². The number of aromatic hydroxyl groups is 1. The van der Waals surface area contributed by atoms with Crippen LogP contribution in [0, 0.1) is 17.8 Å². The second kappa shape index (κ2) is 12.6. The van der Waals surface area contributed by atoms with Gasteiger partial charge in [-0.05, 0) is 84.0 Å². The number of imide groups is 1. The van der Waals surface area contributed by atoms with Gasteiger partial charge in [0.2, 0.25) is 11.8 Å². The Morgan fingerprint density at radius 3 is 2.54 bits per heavy atom. The van der Waals surface area contributed by atoms with E-state index in [2.05, 4.69) is 4.98 Å². The van der Waals surface area contributed by atoms with Gasteiger partial charge in [-0.15, -0.1) is 0 Å². The van der Waals surface area contributed by atoms with E-state index in [1.54, 1.807) is 55.8 Å². The molecular weight excluding hydrogens is 520 g/mol. The molecule has 0 bridgehead atoms. The lowest BCUT2D eigenvalue weighted by Crippen LogP contribution is -2.39. The Morgan fingerprint density at radius 2 is 1.85 bits per heavy atom. The maximum atomic E-state index is 13.7. The molecule has 1 aliphatic carbocycles. The van der Waals surface area contributed by atoms with Crippen molar-refractivity contribution in [1.82, 2.24) is 4.98 Å². The number of carbonyl (C=O) groups excluding carboxylic acids is 2. The zero-order valence-electron chi connectivity index (χ0n) is 22.9. The van der Waals surface area contributed by atoms with Gasteiger partial charge < -0.3 is 20.1 Å². The molecule has 2 amide bonds. The number of hydrogen-bond acceptors (Lipinski definition) is 7. The van der Waals surface area contributed by atoms with Crippen LogP contribution in [0.15, 0.2) is 90.1 Å². The molecule has 1 saturated heterocycles. The van der Waals surface area contributed by atoms with Crippen LogP contribution in [0.4, 0.5) is 5.69 Å². The number of allylic oxidation sites excluding steroid dienone is 1. The molecule has 212 valence electrons. The summed E-state index contributed by atoms with van der Waals surface area (Å²) in [5.74, 6) is -2.61. The third-order valence-corrected chi connectivity index (χ3v) is 7.96. The summed E-state index contributed by atoms with van der Waals surface area (Å²) >= 11 is 0. The van der Waals surface area contributed by atoms with Crippen LogP contribution in [0.1, 0.15) is 30.5 Å². The number of pyridine rings is 1. The number of fused-ring (bicyclic) bond motifs is 1. The second-order valence-electron chi connectivity index (χ2n) is 10.5. The zero-order valence-corrected chi connectivity index (χ0v) is 22.9. The maximum Gasteiger partial charge on any atom is 0.238 e. The molecule has 1 fully saturated rings. The molecule has 2 aromatic carbocycles. The van der Waals surface area contributed by atoms with Gasteiger partial charge in [0.15, 0.2) is 0 Å². The Balaban J connectivity index is 1.44. The lowest BCUT2D eigenvalue weighted by Gasteiger charge is -2.36. The number of aliphatic hydroxyl groups excluding tert-OH is 2. The molecule has 1 aromatic heterocycles. The molecule has 1 aliphatic heterocycles. The van der Waals surface area contributed by atoms with E-state index in [1.165, 1.54) is 4.90 Å². The summed E-state index contributed by atoms with van der Waals surface area (Å²) in [5, 5.41) is 32.1. The zero-order chi connectivity index (χ0) is 28.9. The van der Waals surface area contributed by atoms with Crippen molar-refractivity contribution in [3.05, 3.63) is 101 Å². The highest BCUT2D eigenvalue weighted by molar-refractivity contribution is 6.22. The normalized spacial score (nSPS) is 21.8. The van der Waals surface area contributed by atoms with E-state index in [-0.39, 0.29) is 37.2 Å². The van der Waals surface area contributed by atoms with Gasteiger partial charge in [-0.3, -0.25) is 19.5 Å². The van der Waals surface area contributed by atoms with Gasteiger partial charge in [0.05, 0.1) is 42.5 Å². The first-order chi connectivity index (χ1) is 19.9. The first-order valence-electron chi connectivity index (χ1n) is 13.8. The topological polar surface area (TPSA) is 120 Å². The largest absolute Gasteiger partial charge is 0.508 e. The molecule has 4 atom stereocenters. The summed E-state index contributed by atoms with van der Waals surface area (Å²) in [6.07, 6.45) is 3.65. The number of para-hydroxylation sites is 1. The van der Waals surface area contributed by atoms with Crippen molar-refractivity contribution in [2.45, 2.75) is 25.4 Å². The van der Waals surface area contributed by atoms with Gasteiger partial charge in [0.1, 0.15) is 5.75 Å². The molecule has 8 nitrogen and oxygen atoms in total. The van der Waals surface area contributed by atoms with Crippen LogP contribution in [-0.2, 0) is 14.3 Å².